The highest BCUT2D eigenvalue weighted by molar-refractivity contribution is 5.69. The number of aliphatic carboxylic acids is 1. The second kappa shape index (κ2) is 8.50. The van der Waals surface area contributed by atoms with E-state index in [0.717, 1.165) is 54.7 Å². The van der Waals surface area contributed by atoms with Crippen LogP contribution < -0.4 is 15.3 Å². The summed E-state index contributed by atoms with van der Waals surface area (Å²) >= 11 is 0. The summed E-state index contributed by atoms with van der Waals surface area (Å²) in [6.07, 6.45) is 0.909. The topological polar surface area (TPSA) is 58.9 Å². The largest absolute Gasteiger partial charge is 0.489 e. The molecule has 174 valence electrons. The number of ether oxygens (including phenoxy) is 1. The van der Waals surface area contributed by atoms with Crippen LogP contribution in [-0.2, 0) is 17.6 Å². The molecule has 33 heavy (non-hydrogen) atoms. The van der Waals surface area contributed by atoms with Crippen molar-refractivity contribution in [1.82, 2.24) is 0 Å². The van der Waals surface area contributed by atoms with Gasteiger partial charge in [0.05, 0.1) is 23.4 Å². The SMILES string of the molecule is O=C(O)CC1CCC2=c3cc(OCc4ccc(C5CCCC5)c(C(F)(F)F)c4)ccc3=NC21. The number of carbonyl (C=O) groups is 1. The lowest BCUT2D eigenvalue weighted by atomic mass is 9.91. The monoisotopic (exact) mass is 457 g/mol. The van der Waals surface area contributed by atoms with Gasteiger partial charge in [-0.3, -0.25) is 9.79 Å². The molecule has 0 bridgehead atoms. The quantitative estimate of drug-likeness (QED) is 0.666. The fourth-order valence-corrected chi connectivity index (χ4v) is 5.67. The predicted molar refractivity (Wildman–Crippen MR) is 116 cm³/mol. The molecule has 2 aromatic carbocycles. The summed E-state index contributed by atoms with van der Waals surface area (Å²) in [5, 5.41) is 10.9. The van der Waals surface area contributed by atoms with E-state index in [-0.39, 0.29) is 30.9 Å². The summed E-state index contributed by atoms with van der Waals surface area (Å²) in [5.74, 6) is -0.243. The molecular weight excluding hydrogens is 431 g/mol. The molecule has 2 atom stereocenters. The Balaban J connectivity index is 1.35. The zero-order chi connectivity index (χ0) is 23.2. The molecular formula is C26H26F3NO3. The minimum absolute atomic E-state index is 0.00781. The number of halogens is 3. The highest BCUT2D eigenvalue weighted by atomic mass is 19.4. The Labute approximate surface area is 189 Å². The van der Waals surface area contributed by atoms with E-state index in [1.54, 1.807) is 18.2 Å². The van der Waals surface area contributed by atoms with Crippen LogP contribution in [0.15, 0.2) is 41.4 Å². The van der Waals surface area contributed by atoms with E-state index in [0.29, 0.717) is 16.9 Å². The van der Waals surface area contributed by atoms with Crippen molar-refractivity contribution >= 4 is 11.5 Å². The molecule has 7 heteroatoms. The highest BCUT2D eigenvalue weighted by Gasteiger charge is 2.37. The first-order valence-electron chi connectivity index (χ1n) is 11.5. The van der Waals surface area contributed by atoms with E-state index in [1.165, 1.54) is 6.07 Å². The average molecular weight is 457 g/mol. The minimum atomic E-state index is -4.39. The third-order valence-corrected chi connectivity index (χ3v) is 7.24. The second-order valence-corrected chi connectivity index (χ2v) is 9.36. The first-order chi connectivity index (χ1) is 15.8. The van der Waals surface area contributed by atoms with Crippen molar-refractivity contribution < 1.29 is 27.8 Å². The van der Waals surface area contributed by atoms with E-state index in [9.17, 15) is 18.0 Å². The van der Waals surface area contributed by atoms with Crippen molar-refractivity contribution in [1.29, 1.82) is 0 Å². The fourth-order valence-electron chi connectivity index (χ4n) is 5.67. The predicted octanol–water partition coefficient (Wildman–Crippen LogP) is 4.98. The Morgan fingerprint density at radius 3 is 2.61 bits per heavy atom. The van der Waals surface area contributed by atoms with Gasteiger partial charge in [-0.25, -0.2) is 0 Å². The molecule has 1 N–H and O–H groups in total. The fraction of sp³-hybridized carbons (Fsp3) is 0.462. The summed E-state index contributed by atoms with van der Waals surface area (Å²) in [7, 11) is 0. The van der Waals surface area contributed by atoms with Gasteiger partial charge in [0.2, 0.25) is 0 Å². The number of nitrogens with zero attached hydrogens (tertiary/aromatic N) is 1. The summed E-state index contributed by atoms with van der Waals surface area (Å²) in [4.78, 5) is 15.8. The van der Waals surface area contributed by atoms with Crippen LogP contribution in [0.4, 0.5) is 13.2 Å². The molecule has 5 rings (SSSR count). The van der Waals surface area contributed by atoms with Crippen LogP contribution in [0.25, 0.3) is 5.57 Å². The number of carboxylic acids is 1. The lowest BCUT2D eigenvalue weighted by Gasteiger charge is -2.19. The van der Waals surface area contributed by atoms with Crippen LogP contribution in [0, 0.1) is 5.92 Å². The molecule has 0 amide bonds. The van der Waals surface area contributed by atoms with Crippen LogP contribution in [0.1, 0.15) is 67.6 Å². The van der Waals surface area contributed by atoms with Crippen LogP contribution in [-0.4, -0.2) is 17.1 Å². The maximum absolute atomic E-state index is 13.7. The molecule has 1 aliphatic heterocycles. The van der Waals surface area contributed by atoms with Crippen molar-refractivity contribution in [3.8, 4) is 5.75 Å². The van der Waals surface area contributed by atoms with Crippen LogP contribution in [0.5, 0.6) is 5.75 Å². The third-order valence-electron chi connectivity index (χ3n) is 7.24. The highest BCUT2D eigenvalue weighted by Crippen LogP contribution is 2.42. The Morgan fingerprint density at radius 2 is 1.88 bits per heavy atom. The van der Waals surface area contributed by atoms with Crippen molar-refractivity contribution in [2.75, 3.05) is 0 Å². The number of fused-ring (bicyclic) bond motifs is 2. The van der Waals surface area contributed by atoms with Gasteiger partial charge >= 0.3 is 12.1 Å². The molecule has 3 aliphatic rings. The first kappa shape index (κ1) is 22.0. The van der Waals surface area contributed by atoms with Gasteiger partial charge in [0, 0.05) is 5.22 Å². The maximum Gasteiger partial charge on any atom is 0.416 e. The zero-order valence-corrected chi connectivity index (χ0v) is 18.2. The summed E-state index contributed by atoms with van der Waals surface area (Å²) in [6.45, 7) is 0.0460. The molecule has 1 heterocycles. The lowest BCUT2D eigenvalue weighted by Crippen LogP contribution is -2.22. The average Bonchev–Trinajstić information content (AvgIpc) is 3.49. The van der Waals surface area contributed by atoms with Crippen molar-refractivity contribution in [3.05, 3.63) is 63.7 Å². The van der Waals surface area contributed by atoms with Gasteiger partial charge in [0.15, 0.2) is 0 Å². The third kappa shape index (κ3) is 4.37. The van der Waals surface area contributed by atoms with E-state index in [1.807, 2.05) is 12.1 Å². The van der Waals surface area contributed by atoms with Gasteiger partial charge in [0.1, 0.15) is 12.4 Å². The molecule has 2 saturated carbocycles. The molecule has 0 spiro atoms. The Morgan fingerprint density at radius 1 is 1.09 bits per heavy atom. The van der Waals surface area contributed by atoms with Crippen molar-refractivity contribution in [3.63, 3.8) is 0 Å². The molecule has 2 aromatic rings. The van der Waals surface area contributed by atoms with Gasteiger partial charge in [-0.05, 0) is 78.5 Å². The smallest absolute Gasteiger partial charge is 0.416 e. The van der Waals surface area contributed by atoms with E-state index in [4.69, 9.17) is 14.8 Å². The van der Waals surface area contributed by atoms with Crippen LogP contribution in [0.2, 0.25) is 0 Å². The Hall–Kier alpha value is -2.83. The molecule has 2 fully saturated rings. The second-order valence-electron chi connectivity index (χ2n) is 9.36. The van der Waals surface area contributed by atoms with Gasteiger partial charge in [-0.15, -0.1) is 0 Å². The number of carboxylic acid groups (broad SMARTS) is 1. The molecule has 4 nitrogen and oxygen atoms in total. The van der Waals surface area contributed by atoms with Gasteiger partial charge in [0.25, 0.3) is 0 Å². The van der Waals surface area contributed by atoms with E-state index in [2.05, 4.69) is 0 Å². The minimum Gasteiger partial charge on any atom is -0.489 e. The Bertz CT molecular complexity index is 1200. The van der Waals surface area contributed by atoms with Crippen molar-refractivity contribution in [2.45, 2.75) is 69.7 Å². The molecule has 2 aliphatic carbocycles. The molecule has 0 saturated heterocycles. The van der Waals surface area contributed by atoms with Crippen LogP contribution in [0.3, 0.4) is 0 Å². The summed E-state index contributed by atoms with van der Waals surface area (Å²) < 4.78 is 47.1. The standard InChI is InChI=1S/C26H26F3NO3/c27-26(28,29)22-11-15(5-8-19(22)16-3-1-2-4-16)14-33-18-7-10-23-21(13-18)20-9-6-17(12-24(31)32)25(20)30-23/h5,7-8,10-11,13,16-17,25H,1-4,6,9,12,14H2,(H,31,32). The zero-order valence-electron chi connectivity index (χ0n) is 18.2. The van der Waals surface area contributed by atoms with Gasteiger partial charge in [-0.1, -0.05) is 25.0 Å². The number of benzene rings is 2. The lowest BCUT2D eigenvalue weighted by molar-refractivity contribution is -0.139. The summed E-state index contributed by atoms with van der Waals surface area (Å²) in [5.41, 5.74) is 1.49. The number of rotatable bonds is 6. The van der Waals surface area contributed by atoms with Gasteiger partial charge < -0.3 is 9.84 Å². The molecule has 2 unspecified atom stereocenters. The number of hydrogen-bond donors (Lipinski definition) is 1. The summed E-state index contributed by atoms with van der Waals surface area (Å²) in [6, 6.07) is 10.0. The van der Waals surface area contributed by atoms with Crippen molar-refractivity contribution in [2.24, 2.45) is 10.9 Å². The van der Waals surface area contributed by atoms with Gasteiger partial charge in [-0.2, -0.15) is 13.2 Å². The van der Waals surface area contributed by atoms with E-state index < -0.39 is 17.7 Å². The normalized spacial score (nSPS) is 22.2. The first-order valence-corrected chi connectivity index (χ1v) is 11.5. The van der Waals surface area contributed by atoms with E-state index >= 15 is 0 Å². The maximum atomic E-state index is 13.7. The molecule has 0 radical (unpaired) electrons. The Kier molecular flexibility index (Phi) is 5.67. The molecule has 0 aromatic heterocycles. The van der Waals surface area contributed by atoms with Crippen LogP contribution >= 0.6 is 0 Å². The number of hydrogen-bond acceptors (Lipinski definition) is 3. The number of alkyl halides is 3.